The van der Waals surface area contributed by atoms with Crippen molar-refractivity contribution in [2.75, 3.05) is 7.05 Å². The van der Waals surface area contributed by atoms with Gasteiger partial charge < -0.3 is 10.6 Å². The largest absolute Gasteiger partial charge is 0.328 e. The fourth-order valence-corrected chi connectivity index (χ4v) is 2.45. The summed E-state index contributed by atoms with van der Waals surface area (Å²) in [5, 5.41) is 0. The molecular formula is C8H18Cl2N2. The maximum atomic E-state index is 5.89. The molecule has 0 radical (unpaired) electrons. The smallest absolute Gasteiger partial charge is 0.0110 e. The Bertz CT molecular complexity index is 129. The Hall–Kier alpha value is 0.500. The molecule has 4 heteroatoms. The lowest BCUT2D eigenvalue weighted by atomic mass is 9.99. The molecule has 2 aliphatic heterocycles. The Morgan fingerprint density at radius 1 is 1.08 bits per heavy atom. The highest BCUT2D eigenvalue weighted by atomic mass is 35.5. The SMILES string of the molecule is CN1[C@@H]2CC[C@@H]1CC(N)C2.Cl.Cl. The minimum atomic E-state index is 0. The number of hydrogen-bond acceptors (Lipinski definition) is 2. The van der Waals surface area contributed by atoms with Gasteiger partial charge in [-0.15, -0.1) is 24.8 Å². The summed E-state index contributed by atoms with van der Waals surface area (Å²) in [4.78, 5) is 2.52. The number of fused-ring (bicyclic) bond motifs is 2. The maximum Gasteiger partial charge on any atom is 0.0110 e. The first-order valence-electron chi connectivity index (χ1n) is 4.25. The Morgan fingerprint density at radius 3 is 1.92 bits per heavy atom. The van der Waals surface area contributed by atoms with Crippen molar-refractivity contribution in [2.24, 2.45) is 5.73 Å². The van der Waals surface area contributed by atoms with E-state index in [9.17, 15) is 0 Å². The van der Waals surface area contributed by atoms with Gasteiger partial charge in [-0.2, -0.15) is 0 Å². The standard InChI is InChI=1S/C8H16N2.2ClH/c1-10-7-2-3-8(10)5-6(9)4-7;;/h6-8H,2-5,9H2,1H3;2*1H/t7-,8-;;/m1../s1. The highest BCUT2D eigenvalue weighted by Crippen LogP contribution is 2.33. The third-order valence-electron chi connectivity index (χ3n) is 3.13. The molecule has 0 unspecified atom stereocenters. The van der Waals surface area contributed by atoms with Crippen LogP contribution in [-0.2, 0) is 0 Å². The fraction of sp³-hybridized carbons (Fsp3) is 1.00. The number of nitrogens with two attached hydrogens (primary N) is 1. The molecule has 0 aromatic heterocycles. The van der Waals surface area contributed by atoms with Crippen LogP contribution in [0.3, 0.4) is 0 Å². The molecule has 74 valence electrons. The summed E-state index contributed by atoms with van der Waals surface area (Å²) in [5.74, 6) is 0. The van der Waals surface area contributed by atoms with Crippen molar-refractivity contribution in [3.05, 3.63) is 0 Å². The van der Waals surface area contributed by atoms with Gasteiger partial charge in [-0.3, -0.25) is 0 Å². The van der Waals surface area contributed by atoms with E-state index in [1.165, 1.54) is 25.7 Å². The van der Waals surface area contributed by atoms with Crippen molar-refractivity contribution >= 4 is 24.8 Å². The first-order valence-corrected chi connectivity index (χ1v) is 4.25. The Balaban J connectivity index is 0.000000605. The Labute approximate surface area is 86.7 Å². The van der Waals surface area contributed by atoms with Crippen molar-refractivity contribution < 1.29 is 0 Å². The minimum Gasteiger partial charge on any atom is -0.328 e. The van der Waals surface area contributed by atoms with Gasteiger partial charge in [-0.1, -0.05) is 0 Å². The second kappa shape index (κ2) is 4.66. The van der Waals surface area contributed by atoms with Crippen LogP contribution >= 0.6 is 24.8 Å². The lowest BCUT2D eigenvalue weighted by Gasteiger charge is -2.34. The second-order valence-corrected chi connectivity index (χ2v) is 3.78. The predicted molar refractivity (Wildman–Crippen MR) is 56.3 cm³/mol. The molecule has 2 fully saturated rings. The van der Waals surface area contributed by atoms with Crippen LogP contribution in [0.5, 0.6) is 0 Å². The van der Waals surface area contributed by atoms with Crippen LogP contribution in [0.15, 0.2) is 0 Å². The summed E-state index contributed by atoms with van der Waals surface area (Å²) in [6.07, 6.45) is 5.23. The fourth-order valence-electron chi connectivity index (χ4n) is 2.45. The summed E-state index contributed by atoms with van der Waals surface area (Å²) in [6, 6.07) is 2.12. The van der Waals surface area contributed by atoms with Gasteiger partial charge in [0.05, 0.1) is 0 Å². The predicted octanol–water partition coefficient (Wildman–Crippen LogP) is 1.41. The quantitative estimate of drug-likeness (QED) is 0.659. The summed E-state index contributed by atoms with van der Waals surface area (Å²) in [6.45, 7) is 0. The Kier molecular flexibility index (Phi) is 4.85. The topological polar surface area (TPSA) is 29.3 Å². The van der Waals surface area contributed by atoms with E-state index in [0.717, 1.165) is 12.1 Å². The maximum absolute atomic E-state index is 5.89. The first kappa shape index (κ1) is 12.5. The van der Waals surface area contributed by atoms with E-state index in [1.54, 1.807) is 0 Å². The van der Waals surface area contributed by atoms with E-state index < -0.39 is 0 Å². The van der Waals surface area contributed by atoms with Crippen LogP contribution in [0.4, 0.5) is 0 Å². The normalized spacial score (nSPS) is 40.0. The van der Waals surface area contributed by atoms with Gasteiger partial charge in [-0.25, -0.2) is 0 Å². The molecule has 2 aliphatic rings. The lowest BCUT2D eigenvalue weighted by molar-refractivity contribution is 0.163. The van der Waals surface area contributed by atoms with Gasteiger partial charge in [0, 0.05) is 18.1 Å². The molecule has 0 saturated carbocycles. The van der Waals surface area contributed by atoms with Crippen LogP contribution in [0.25, 0.3) is 0 Å². The highest BCUT2D eigenvalue weighted by Gasteiger charge is 2.36. The van der Waals surface area contributed by atoms with Crippen molar-refractivity contribution in [3.8, 4) is 0 Å². The number of halogens is 2. The van der Waals surface area contributed by atoms with Gasteiger partial charge in [-0.05, 0) is 32.7 Å². The van der Waals surface area contributed by atoms with Crippen molar-refractivity contribution in [1.82, 2.24) is 4.90 Å². The summed E-state index contributed by atoms with van der Waals surface area (Å²) in [7, 11) is 2.24. The number of rotatable bonds is 0. The van der Waals surface area contributed by atoms with Crippen molar-refractivity contribution in [3.63, 3.8) is 0 Å². The average molecular weight is 213 g/mol. The van der Waals surface area contributed by atoms with E-state index in [4.69, 9.17) is 5.73 Å². The molecule has 2 N–H and O–H groups in total. The van der Waals surface area contributed by atoms with Crippen LogP contribution in [-0.4, -0.2) is 30.1 Å². The van der Waals surface area contributed by atoms with Gasteiger partial charge in [0.2, 0.25) is 0 Å². The molecule has 2 heterocycles. The van der Waals surface area contributed by atoms with Gasteiger partial charge in [0.1, 0.15) is 0 Å². The third-order valence-corrected chi connectivity index (χ3v) is 3.13. The van der Waals surface area contributed by atoms with Crippen molar-refractivity contribution in [2.45, 2.75) is 43.8 Å². The second-order valence-electron chi connectivity index (χ2n) is 3.78. The zero-order valence-electron chi connectivity index (χ0n) is 7.40. The molecule has 0 aromatic carbocycles. The zero-order valence-corrected chi connectivity index (χ0v) is 9.03. The molecule has 2 atom stereocenters. The zero-order chi connectivity index (χ0) is 7.14. The molecule has 2 bridgehead atoms. The van der Waals surface area contributed by atoms with E-state index in [1.807, 2.05) is 0 Å². The van der Waals surface area contributed by atoms with E-state index >= 15 is 0 Å². The molecule has 0 spiro atoms. The number of hydrogen-bond donors (Lipinski definition) is 1. The summed E-state index contributed by atoms with van der Waals surface area (Å²) >= 11 is 0. The summed E-state index contributed by atoms with van der Waals surface area (Å²) in [5.41, 5.74) is 5.89. The molecule has 2 rings (SSSR count). The van der Waals surface area contributed by atoms with Crippen LogP contribution in [0.1, 0.15) is 25.7 Å². The van der Waals surface area contributed by atoms with Crippen LogP contribution in [0.2, 0.25) is 0 Å². The summed E-state index contributed by atoms with van der Waals surface area (Å²) < 4.78 is 0. The molecule has 0 aromatic rings. The third kappa shape index (κ3) is 2.05. The van der Waals surface area contributed by atoms with Crippen molar-refractivity contribution in [1.29, 1.82) is 0 Å². The number of nitrogens with zero attached hydrogens (tertiary/aromatic N) is 1. The van der Waals surface area contributed by atoms with Crippen LogP contribution < -0.4 is 5.73 Å². The lowest BCUT2D eigenvalue weighted by Crippen LogP contribution is -2.45. The molecule has 2 nitrogen and oxygen atoms in total. The average Bonchev–Trinajstić information content (AvgIpc) is 2.20. The highest BCUT2D eigenvalue weighted by molar-refractivity contribution is 5.85. The minimum absolute atomic E-state index is 0. The van der Waals surface area contributed by atoms with E-state index in [-0.39, 0.29) is 24.8 Å². The molecule has 2 saturated heterocycles. The van der Waals surface area contributed by atoms with E-state index in [0.29, 0.717) is 6.04 Å². The van der Waals surface area contributed by atoms with E-state index in [2.05, 4.69) is 11.9 Å². The van der Waals surface area contributed by atoms with Gasteiger partial charge >= 0.3 is 0 Å². The first-order chi connectivity index (χ1) is 4.77. The van der Waals surface area contributed by atoms with Gasteiger partial charge in [0.25, 0.3) is 0 Å². The molecular weight excluding hydrogens is 195 g/mol. The monoisotopic (exact) mass is 212 g/mol. The molecule has 0 aliphatic carbocycles. The molecule has 12 heavy (non-hydrogen) atoms. The van der Waals surface area contributed by atoms with Crippen LogP contribution in [0, 0.1) is 0 Å². The Morgan fingerprint density at radius 2 is 1.50 bits per heavy atom. The number of piperidine rings is 1. The molecule has 0 amide bonds. The van der Waals surface area contributed by atoms with Gasteiger partial charge in [0.15, 0.2) is 0 Å².